The standard InChI is InChI=1S/C19H32N4O7/c1-12(21(5)18(29)22(6)17(28)20(3)4)14(25)19(16(27)30-7)10-8-9-11-23(19)15(26)13(2)24/h12-13,24H,8-11H2,1-7H3/t12-,13+,19+/m0/s1. The predicted octanol–water partition coefficient (Wildman–Crippen LogP) is -0.0857. The van der Waals surface area contributed by atoms with Crippen molar-refractivity contribution >= 4 is 29.7 Å². The first-order valence-electron chi connectivity index (χ1n) is 9.68. The first-order chi connectivity index (χ1) is 13.8. The van der Waals surface area contributed by atoms with Crippen molar-refractivity contribution in [1.82, 2.24) is 19.6 Å². The van der Waals surface area contributed by atoms with E-state index in [4.69, 9.17) is 4.74 Å². The minimum atomic E-state index is -1.96. The number of imide groups is 1. The lowest BCUT2D eigenvalue weighted by Crippen LogP contribution is -2.69. The maximum atomic E-state index is 13.5. The summed E-state index contributed by atoms with van der Waals surface area (Å²) in [5.41, 5.74) is -1.96. The summed E-state index contributed by atoms with van der Waals surface area (Å²) in [6.45, 7) is 2.76. The van der Waals surface area contributed by atoms with E-state index >= 15 is 0 Å². The van der Waals surface area contributed by atoms with Crippen molar-refractivity contribution in [3.05, 3.63) is 0 Å². The maximum absolute atomic E-state index is 13.5. The highest BCUT2D eigenvalue weighted by Crippen LogP contribution is 2.33. The lowest BCUT2D eigenvalue weighted by Gasteiger charge is -2.46. The number of hydrogen-bond donors (Lipinski definition) is 1. The molecule has 0 aliphatic carbocycles. The van der Waals surface area contributed by atoms with Gasteiger partial charge in [0.15, 0.2) is 5.78 Å². The van der Waals surface area contributed by atoms with E-state index in [1.165, 1.54) is 46.9 Å². The third-order valence-corrected chi connectivity index (χ3v) is 5.40. The molecule has 11 nitrogen and oxygen atoms in total. The zero-order valence-corrected chi connectivity index (χ0v) is 18.7. The van der Waals surface area contributed by atoms with E-state index in [9.17, 15) is 29.1 Å². The van der Waals surface area contributed by atoms with E-state index < -0.39 is 47.4 Å². The third-order valence-electron chi connectivity index (χ3n) is 5.40. The number of amides is 5. The molecule has 0 unspecified atom stereocenters. The van der Waals surface area contributed by atoms with E-state index in [1.54, 1.807) is 0 Å². The Morgan fingerprint density at radius 1 is 1.00 bits per heavy atom. The summed E-state index contributed by atoms with van der Waals surface area (Å²) in [5, 5.41) is 9.80. The average molecular weight is 428 g/mol. The van der Waals surface area contributed by atoms with Gasteiger partial charge in [0.2, 0.25) is 5.54 Å². The van der Waals surface area contributed by atoms with Gasteiger partial charge in [-0.25, -0.2) is 19.3 Å². The molecule has 30 heavy (non-hydrogen) atoms. The fourth-order valence-electron chi connectivity index (χ4n) is 3.54. The number of methoxy groups -OCH3 is 1. The molecular formula is C19H32N4O7. The Morgan fingerprint density at radius 3 is 2.03 bits per heavy atom. The molecule has 0 aromatic heterocycles. The van der Waals surface area contributed by atoms with Crippen LogP contribution in [0.25, 0.3) is 0 Å². The molecule has 1 saturated heterocycles. The van der Waals surface area contributed by atoms with Gasteiger partial charge in [0.1, 0.15) is 6.10 Å². The molecule has 1 heterocycles. The Balaban J connectivity index is 3.33. The summed E-state index contributed by atoms with van der Waals surface area (Å²) in [6, 6.07) is -2.49. The highest BCUT2D eigenvalue weighted by molar-refractivity contribution is 6.14. The maximum Gasteiger partial charge on any atom is 0.339 e. The topological polar surface area (TPSA) is 128 Å². The number of carbonyl (C=O) groups excluding carboxylic acids is 5. The average Bonchev–Trinajstić information content (AvgIpc) is 2.74. The highest BCUT2D eigenvalue weighted by atomic mass is 16.5. The molecule has 1 aliphatic heterocycles. The highest BCUT2D eigenvalue weighted by Gasteiger charge is 2.57. The summed E-state index contributed by atoms with van der Waals surface area (Å²) < 4.78 is 4.87. The molecule has 1 fully saturated rings. The van der Waals surface area contributed by atoms with Crippen LogP contribution in [0.5, 0.6) is 0 Å². The van der Waals surface area contributed by atoms with Crippen LogP contribution in [-0.4, -0.2) is 114 Å². The first kappa shape index (κ1) is 25.3. The molecule has 1 aliphatic rings. The van der Waals surface area contributed by atoms with Crippen LogP contribution in [0.2, 0.25) is 0 Å². The number of urea groups is 2. The van der Waals surface area contributed by atoms with Crippen LogP contribution < -0.4 is 0 Å². The lowest BCUT2D eigenvalue weighted by molar-refractivity contribution is -0.173. The van der Waals surface area contributed by atoms with Gasteiger partial charge in [-0.05, 0) is 33.1 Å². The number of Topliss-reactive ketones (excluding diaryl/α,β-unsaturated/α-hetero) is 1. The van der Waals surface area contributed by atoms with Crippen LogP contribution in [-0.2, 0) is 19.1 Å². The van der Waals surface area contributed by atoms with E-state index in [-0.39, 0.29) is 13.0 Å². The predicted molar refractivity (Wildman–Crippen MR) is 106 cm³/mol. The number of nitrogens with zero attached hydrogens (tertiary/aromatic N) is 4. The van der Waals surface area contributed by atoms with Gasteiger partial charge in [-0.1, -0.05) is 0 Å². The molecule has 0 radical (unpaired) electrons. The van der Waals surface area contributed by atoms with Crippen molar-refractivity contribution in [1.29, 1.82) is 0 Å². The lowest BCUT2D eigenvalue weighted by atomic mass is 9.79. The summed E-state index contributed by atoms with van der Waals surface area (Å²) in [6.07, 6.45) is -0.379. The number of esters is 1. The zero-order valence-electron chi connectivity index (χ0n) is 18.7. The third kappa shape index (κ3) is 4.55. The van der Waals surface area contributed by atoms with Crippen molar-refractivity contribution in [2.24, 2.45) is 0 Å². The van der Waals surface area contributed by atoms with Crippen molar-refractivity contribution in [2.45, 2.75) is 50.8 Å². The SMILES string of the molecule is COC(=O)[C@]1(C(=O)[C@H](C)N(C)C(=O)N(C)C(=O)N(C)C)CCCCN1C(=O)[C@@H](C)O. The number of hydrogen-bond acceptors (Lipinski definition) is 7. The van der Waals surface area contributed by atoms with Gasteiger partial charge in [0.25, 0.3) is 5.91 Å². The fourth-order valence-corrected chi connectivity index (χ4v) is 3.54. The number of ketones is 1. The Bertz CT molecular complexity index is 709. The summed E-state index contributed by atoms with van der Waals surface area (Å²) in [7, 11) is 6.68. The van der Waals surface area contributed by atoms with Crippen LogP contribution in [0, 0.1) is 0 Å². The molecule has 1 rings (SSSR count). The molecular weight excluding hydrogens is 396 g/mol. The van der Waals surface area contributed by atoms with Crippen molar-refractivity contribution in [2.75, 3.05) is 41.8 Å². The summed E-state index contributed by atoms with van der Waals surface area (Å²) in [5.74, 6) is -2.41. The van der Waals surface area contributed by atoms with Gasteiger partial charge >= 0.3 is 18.0 Å². The van der Waals surface area contributed by atoms with Gasteiger partial charge in [-0.2, -0.15) is 0 Å². The molecule has 11 heteroatoms. The first-order valence-corrected chi connectivity index (χ1v) is 9.68. The number of aliphatic hydroxyl groups excluding tert-OH is 1. The second-order valence-corrected chi connectivity index (χ2v) is 7.64. The molecule has 5 amide bonds. The quantitative estimate of drug-likeness (QED) is 0.479. The molecule has 170 valence electrons. The van der Waals surface area contributed by atoms with Gasteiger partial charge in [0, 0.05) is 34.7 Å². The Hall–Kier alpha value is -2.69. The van der Waals surface area contributed by atoms with Crippen molar-refractivity contribution < 1.29 is 33.8 Å². The minimum absolute atomic E-state index is 0.00973. The van der Waals surface area contributed by atoms with Gasteiger partial charge in [0.05, 0.1) is 13.2 Å². The number of aliphatic hydroxyl groups is 1. The van der Waals surface area contributed by atoms with E-state index in [0.717, 1.165) is 21.8 Å². The number of likely N-dealkylation sites (N-methyl/N-ethyl adjacent to an activating group) is 1. The van der Waals surface area contributed by atoms with Gasteiger partial charge in [-0.15, -0.1) is 0 Å². The number of likely N-dealkylation sites (tertiary alicyclic amines) is 1. The molecule has 0 aromatic carbocycles. The number of carbonyl (C=O) groups is 5. The Morgan fingerprint density at radius 2 is 1.57 bits per heavy atom. The van der Waals surface area contributed by atoms with E-state index in [1.807, 2.05) is 0 Å². The molecule has 0 aromatic rings. The normalized spacial score (nSPS) is 20.6. The van der Waals surface area contributed by atoms with Crippen molar-refractivity contribution in [3.8, 4) is 0 Å². The van der Waals surface area contributed by atoms with Crippen LogP contribution in [0.1, 0.15) is 33.1 Å². The Kier molecular flexibility index (Phi) is 8.34. The molecule has 1 N–H and O–H groups in total. The van der Waals surface area contributed by atoms with Gasteiger partial charge < -0.3 is 24.5 Å². The summed E-state index contributed by atoms with van der Waals surface area (Å²) in [4.78, 5) is 67.9. The second-order valence-electron chi connectivity index (χ2n) is 7.64. The largest absolute Gasteiger partial charge is 0.467 e. The smallest absolute Gasteiger partial charge is 0.339 e. The van der Waals surface area contributed by atoms with Crippen LogP contribution in [0.4, 0.5) is 9.59 Å². The monoisotopic (exact) mass is 428 g/mol. The van der Waals surface area contributed by atoms with E-state index in [0.29, 0.717) is 12.8 Å². The molecule has 0 bridgehead atoms. The number of ether oxygens (including phenoxy) is 1. The molecule has 0 spiro atoms. The van der Waals surface area contributed by atoms with Crippen molar-refractivity contribution in [3.63, 3.8) is 0 Å². The Labute approximate surface area is 176 Å². The summed E-state index contributed by atoms with van der Waals surface area (Å²) >= 11 is 0. The molecule has 3 atom stereocenters. The fraction of sp³-hybridized carbons (Fsp3) is 0.737. The van der Waals surface area contributed by atoms with Crippen LogP contribution >= 0.6 is 0 Å². The molecule has 0 saturated carbocycles. The number of rotatable bonds is 5. The van der Waals surface area contributed by atoms with Crippen LogP contribution in [0.15, 0.2) is 0 Å². The van der Waals surface area contributed by atoms with Crippen LogP contribution in [0.3, 0.4) is 0 Å². The van der Waals surface area contributed by atoms with Gasteiger partial charge in [-0.3, -0.25) is 9.59 Å². The minimum Gasteiger partial charge on any atom is -0.467 e. The zero-order chi connectivity index (χ0) is 23.4. The number of piperidine rings is 1. The second kappa shape index (κ2) is 9.88. The van der Waals surface area contributed by atoms with E-state index in [2.05, 4.69) is 0 Å².